The van der Waals surface area contributed by atoms with Crippen molar-refractivity contribution in [1.29, 1.82) is 0 Å². The second-order valence-corrected chi connectivity index (χ2v) is 10.8. The molecule has 0 unspecified atom stereocenters. The Kier molecular flexibility index (Phi) is 10.8. The van der Waals surface area contributed by atoms with Crippen molar-refractivity contribution >= 4 is 20.0 Å². The first kappa shape index (κ1) is 31.1. The highest BCUT2D eigenvalue weighted by molar-refractivity contribution is 8.12. The van der Waals surface area contributed by atoms with E-state index in [0.717, 1.165) is 25.9 Å². The van der Waals surface area contributed by atoms with Gasteiger partial charge >= 0.3 is 17.9 Å². The predicted octanol–water partition coefficient (Wildman–Crippen LogP) is 3.34. The topological polar surface area (TPSA) is 91.6 Å². The number of nitrogens with zero attached hydrogens (tertiary/aromatic N) is 2. The fourth-order valence-electron chi connectivity index (χ4n) is 2.52. The number of likely N-dealkylation sites (N-methyl/N-ethyl adjacent to an activating group) is 1. The molecular weight excluding hydrogens is 511 g/mol. The molecule has 0 aromatic carbocycles. The van der Waals surface area contributed by atoms with Crippen LogP contribution in [0.1, 0.15) is 19.3 Å². The second kappa shape index (κ2) is 11.1. The minimum absolute atomic E-state index is 0.00629. The van der Waals surface area contributed by atoms with Crippen molar-refractivity contribution in [3.05, 3.63) is 4.13 Å². The van der Waals surface area contributed by atoms with E-state index in [1.807, 2.05) is 7.05 Å². The van der Waals surface area contributed by atoms with Crippen molar-refractivity contribution in [2.45, 2.75) is 43.0 Å². The minimum atomic E-state index is -5.92. The van der Waals surface area contributed by atoms with Gasteiger partial charge in [0, 0.05) is 19.1 Å². The van der Waals surface area contributed by atoms with Gasteiger partial charge in [-0.1, -0.05) is 0 Å². The molecule has 0 aliphatic carbocycles. The minimum Gasteiger partial charge on any atom is -0.429 e. The zero-order valence-electron chi connectivity index (χ0n) is 16.9. The smallest absolute Gasteiger partial charge is 0.429 e. The van der Waals surface area contributed by atoms with Crippen molar-refractivity contribution in [1.82, 2.24) is 0 Å². The van der Waals surface area contributed by atoms with Crippen LogP contribution in [0.15, 0.2) is 0 Å². The number of hydrogen-bond acceptors (Lipinski definition) is 5. The van der Waals surface area contributed by atoms with E-state index in [1.165, 1.54) is 0 Å². The molecule has 1 heterocycles. The molecular formula is C14H23F9N2O5S2. The number of hydrogen-bond donors (Lipinski definition) is 0. The average Bonchev–Trinajstić information content (AvgIpc) is 2.95. The van der Waals surface area contributed by atoms with Gasteiger partial charge in [0.05, 0.1) is 43.2 Å². The first-order valence-corrected chi connectivity index (χ1v) is 12.0. The lowest BCUT2D eigenvalue weighted by molar-refractivity contribution is -0.898. The zero-order valence-corrected chi connectivity index (χ0v) is 18.5. The lowest BCUT2D eigenvalue weighted by Crippen LogP contribution is -2.44. The summed E-state index contributed by atoms with van der Waals surface area (Å²) in [7, 11) is -8.49. The summed E-state index contributed by atoms with van der Waals surface area (Å²) >= 11 is 0. The largest absolute Gasteiger partial charge is 0.480 e. The summed E-state index contributed by atoms with van der Waals surface area (Å²) in [6, 6.07) is 0. The predicted molar refractivity (Wildman–Crippen MR) is 94.5 cm³/mol. The number of alkyl halides is 9. The molecule has 1 saturated heterocycles. The molecule has 7 nitrogen and oxygen atoms in total. The third-order valence-electron chi connectivity index (χ3n) is 4.07. The van der Waals surface area contributed by atoms with E-state index in [9.17, 15) is 56.3 Å². The van der Waals surface area contributed by atoms with E-state index in [0.29, 0.717) is 11.0 Å². The summed E-state index contributed by atoms with van der Waals surface area (Å²) in [6.45, 7) is 1.13. The third-order valence-corrected chi connectivity index (χ3v) is 6.53. The van der Waals surface area contributed by atoms with Crippen LogP contribution in [0, 0.1) is 0 Å². The van der Waals surface area contributed by atoms with E-state index in [2.05, 4.69) is 0 Å². The van der Waals surface area contributed by atoms with Crippen LogP contribution in [0.2, 0.25) is 0 Å². The van der Waals surface area contributed by atoms with Crippen LogP contribution < -0.4 is 0 Å². The molecule has 0 saturated carbocycles. The van der Waals surface area contributed by atoms with Crippen LogP contribution in [0.25, 0.3) is 4.13 Å². The molecule has 1 aliphatic heterocycles. The van der Waals surface area contributed by atoms with Gasteiger partial charge in [0.25, 0.3) is 5.92 Å². The van der Waals surface area contributed by atoms with Crippen LogP contribution in [0.4, 0.5) is 39.5 Å². The van der Waals surface area contributed by atoms with Gasteiger partial charge in [0.2, 0.25) is 0 Å². The standard InChI is InChI=1S/C12H20F6NO.C2H3F3NO4S2/c1-19(4-2-3-5-19)6-7-20-9-11(15,16)8-12(17,18)10(13)14;1-11(7,8)6-12(9,10)2(3,4)5/h10H,2-9H2,1H3;1H3/q+1;-1. The summed E-state index contributed by atoms with van der Waals surface area (Å²) in [5.74, 6) is -8.65. The first-order chi connectivity index (χ1) is 14.0. The van der Waals surface area contributed by atoms with Gasteiger partial charge in [0.1, 0.15) is 13.2 Å². The number of likely N-dealkylation sites (tertiary alicyclic amines) is 1. The van der Waals surface area contributed by atoms with Gasteiger partial charge in [0.15, 0.2) is 10.0 Å². The molecule has 1 rings (SSSR count). The summed E-state index contributed by atoms with van der Waals surface area (Å²) in [6.07, 6.45) is -3.91. The number of quaternary nitrogens is 1. The van der Waals surface area contributed by atoms with Crippen molar-refractivity contribution in [3.63, 3.8) is 0 Å². The van der Waals surface area contributed by atoms with Crippen LogP contribution in [0.3, 0.4) is 0 Å². The fraction of sp³-hybridized carbons (Fsp3) is 1.00. The highest BCUT2D eigenvalue weighted by Gasteiger charge is 2.50. The van der Waals surface area contributed by atoms with E-state index in [4.69, 9.17) is 4.74 Å². The van der Waals surface area contributed by atoms with E-state index < -0.39 is 56.9 Å². The van der Waals surface area contributed by atoms with Crippen molar-refractivity contribution in [2.24, 2.45) is 0 Å². The number of sulfonamides is 2. The highest BCUT2D eigenvalue weighted by Crippen LogP contribution is 2.35. The van der Waals surface area contributed by atoms with Gasteiger partial charge < -0.3 is 13.3 Å². The molecule has 0 amide bonds. The second-order valence-electron chi connectivity index (χ2n) is 7.37. The lowest BCUT2D eigenvalue weighted by atomic mass is 10.1. The number of rotatable bonds is 10. The first-order valence-electron chi connectivity index (χ1n) is 8.73. The van der Waals surface area contributed by atoms with E-state index in [-0.39, 0.29) is 12.9 Å². The van der Waals surface area contributed by atoms with Gasteiger partial charge in [-0.3, -0.25) is 0 Å². The summed E-state index contributed by atoms with van der Waals surface area (Å²) in [4.78, 5) is 0. The van der Waals surface area contributed by atoms with Gasteiger partial charge in [-0.15, -0.1) is 0 Å². The van der Waals surface area contributed by atoms with E-state index >= 15 is 0 Å². The average molecular weight is 534 g/mol. The Bertz CT molecular complexity index is 796. The van der Waals surface area contributed by atoms with Gasteiger partial charge in [-0.2, -0.15) is 13.2 Å². The SMILES string of the molecule is CS(=O)(=O)[N-]S(=O)(=O)C(F)(F)F.C[N+]1(CCOCC(F)(F)CC(F)(F)C(F)F)CCCC1. The fourth-order valence-corrected chi connectivity index (χ4v) is 4.29. The van der Waals surface area contributed by atoms with Crippen molar-refractivity contribution < 1.29 is 65.6 Å². The lowest BCUT2D eigenvalue weighted by Gasteiger charge is -2.29. The van der Waals surface area contributed by atoms with Crippen LogP contribution in [-0.2, 0) is 24.8 Å². The normalized spacial score (nSPS) is 17.9. The molecule has 1 fully saturated rings. The summed E-state index contributed by atoms with van der Waals surface area (Å²) < 4.78 is 157. The van der Waals surface area contributed by atoms with Gasteiger partial charge in [-0.25, -0.2) is 43.2 Å². The van der Waals surface area contributed by atoms with Crippen LogP contribution in [-0.4, -0.2) is 91.2 Å². The molecule has 0 spiro atoms. The Morgan fingerprint density at radius 3 is 1.78 bits per heavy atom. The van der Waals surface area contributed by atoms with Crippen LogP contribution >= 0.6 is 0 Å². The molecule has 0 atom stereocenters. The van der Waals surface area contributed by atoms with Crippen LogP contribution in [0.5, 0.6) is 0 Å². The molecule has 18 heteroatoms. The Balaban J connectivity index is 0.000000687. The summed E-state index contributed by atoms with van der Waals surface area (Å²) in [5.41, 5.74) is -5.67. The molecule has 194 valence electrons. The highest BCUT2D eigenvalue weighted by atomic mass is 32.3. The molecule has 0 aromatic heterocycles. The summed E-state index contributed by atoms with van der Waals surface area (Å²) in [5, 5.41) is 0. The maximum absolute atomic E-state index is 13.1. The van der Waals surface area contributed by atoms with Crippen molar-refractivity contribution in [2.75, 3.05) is 46.2 Å². The van der Waals surface area contributed by atoms with Gasteiger partial charge in [-0.05, 0) is 0 Å². The van der Waals surface area contributed by atoms with Crippen molar-refractivity contribution in [3.8, 4) is 0 Å². The molecule has 0 bridgehead atoms. The quantitative estimate of drug-likeness (QED) is 0.244. The Morgan fingerprint density at radius 2 is 1.44 bits per heavy atom. The monoisotopic (exact) mass is 534 g/mol. The third kappa shape index (κ3) is 11.9. The maximum atomic E-state index is 13.1. The molecule has 0 N–H and O–H groups in total. The molecule has 0 radical (unpaired) electrons. The Hall–Kier alpha value is -0.850. The molecule has 0 aromatic rings. The number of ether oxygens (including phenoxy) is 1. The molecule has 32 heavy (non-hydrogen) atoms. The zero-order chi connectivity index (χ0) is 25.6. The molecule has 1 aliphatic rings. The number of halogens is 9. The maximum Gasteiger partial charge on any atom is 0.480 e. The van der Waals surface area contributed by atoms with E-state index in [1.54, 1.807) is 4.13 Å². The Morgan fingerprint density at radius 1 is 0.969 bits per heavy atom. The Labute approximate surface area is 179 Å².